The van der Waals surface area contributed by atoms with Crippen LogP contribution in [0.2, 0.25) is 0 Å². The molecule has 36 heavy (non-hydrogen) atoms. The van der Waals surface area contributed by atoms with Crippen molar-refractivity contribution in [2.45, 2.75) is 10.9 Å². The van der Waals surface area contributed by atoms with Crippen molar-refractivity contribution in [1.29, 1.82) is 0 Å². The summed E-state index contributed by atoms with van der Waals surface area (Å²) in [5.41, 5.74) is 10.9. The zero-order valence-electron chi connectivity index (χ0n) is 19.2. The van der Waals surface area contributed by atoms with Crippen molar-refractivity contribution in [3.8, 4) is 34.2 Å². The number of rotatable bonds is 6. The summed E-state index contributed by atoms with van der Waals surface area (Å²) in [5, 5.41) is 10.0. The van der Waals surface area contributed by atoms with Crippen LogP contribution in [-0.2, 0) is 12.8 Å². The van der Waals surface area contributed by atoms with Crippen molar-refractivity contribution in [1.82, 2.24) is 19.7 Å². The molecular formula is C27H20FN5O2S. The molecule has 0 saturated carbocycles. The molecule has 2 N–H and O–H groups in total. The third-order valence-electron chi connectivity index (χ3n) is 5.87. The van der Waals surface area contributed by atoms with E-state index in [4.69, 9.17) is 19.6 Å². The van der Waals surface area contributed by atoms with Gasteiger partial charge in [-0.05, 0) is 35.9 Å². The van der Waals surface area contributed by atoms with E-state index in [1.54, 1.807) is 18.4 Å². The summed E-state index contributed by atoms with van der Waals surface area (Å²) >= 11 is 1.49. The molecule has 0 saturated heterocycles. The maximum atomic E-state index is 13.2. The Morgan fingerprint density at radius 3 is 2.56 bits per heavy atom. The highest BCUT2D eigenvalue weighted by Gasteiger charge is 2.25. The van der Waals surface area contributed by atoms with Crippen LogP contribution in [0.15, 0.2) is 93.1 Å². The number of nitrogens with two attached hydrogens (primary N) is 1. The Morgan fingerprint density at radius 2 is 1.81 bits per heavy atom. The van der Waals surface area contributed by atoms with Gasteiger partial charge in [0, 0.05) is 23.9 Å². The molecule has 0 spiro atoms. The predicted octanol–water partition coefficient (Wildman–Crippen LogP) is 6.56. The van der Waals surface area contributed by atoms with E-state index in [1.165, 1.54) is 23.9 Å². The monoisotopic (exact) mass is 497 g/mol. The van der Waals surface area contributed by atoms with Gasteiger partial charge >= 0.3 is 0 Å². The van der Waals surface area contributed by atoms with Crippen LogP contribution in [0.25, 0.3) is 45.3 Å². The molecule has 0 radical (unpaired) electrons. The maximum Gasteiger partial charge on any atom is 0.230 e. The molecule has 0 aliphatic heterocycles. The highest BCUT2D eigenvalue weighted by molar-refractivity contribution is 7.98. The third kappa shape index (κ3) is 3.93. The highest BCUT2D eigenvalue weighted by atomic mass is 32.2. The molecule has 0 aliphatic rings. The summed E-state index contributed by atoms with van der Waals surface area (Å²) in [7, 11) is 1.85. The molecule has 7 nitrogen and oxygen atoms in total. The molecule has 9 heteroatoms. The number of fused-ring (bicyclic) bond motifs is 1. The lowest BCUT2D eigenvalue weighted by Crippen LogP contribution is -1.96. The Hall–Kier alpha value is -4.37. The smallest absolute Gasteiger partial charge is 0.230 e. The van der Waals surface area contributed by atoms with Crippen molar-refractivity contribution in [2.75, 3.05) is 5.73 Å². The zero-order chi connectivity index (χ0) is 24.6. The molecule has 0 atom stereocenters. The molecule has 0 amide bonds. The maximum absolute atomic E-state index is 13.2. The molecule has 178 valence electrons. The largest absolute Gasteiger partial charge is 0.464 e. The average molecular weight is 498 g/mol. The van der Waals surface area contributed by atoms with Gasteiger partial charge in [0.1, 0.15) is 11.6 Å². The minimum Gasteiger partial charge on any atom is -0.464 e. The van der Waals surface area contributed by atoms with Gasteiger partial charge in [-0.25, -0.2) is 9.37 Å². The standard InChI is InChI=1S/C27H20FN5O2S/c1-33-25(31-32-27(33)36-15-16-9-11-18(28)12-10-16)24-23(29)22-19(21-8-5-13-34-21)14-20(30-26(22)35-24)17-6-3-2-4-7-17/h2-14H,15,29H2,1H3. The van der Waals surface area contributed by atoms with Crippen molar-refractivity contribution in [3.05, 3.63) is 90.4 Å². The van der Waals surface area contributed by atoms with Gasteiger partial charge in [0.2, 0.25) is 11.5 Å². The normalized spacial score (nSPS) is 11.4. The minimum atomic E-state index is -0.261. The zero-order valence-corrected chi connectivity index (χ0v) is 20.0. The number of aromatic nitrogens is 4. The summed E-state index contributed by atoms with van der Waals surface area (Å²) in [6, 6.07) is 21.9. The molecule has 0 fully saturated rings. The van der Waals surface area contributed by atoms with Crippen LogP contribution in [0.4, 0.5) is 10.1 Å². The Balaban J connectivity index is 1.42. The number of anilines is 1. The summed E-state index contributed by atoms with van der Waals surface area (Å²) in [6.45, 7) is 0. The number of nitrogen functional groups attached to an aromatic ring is 1. The van der Waals surface area contributed by atoms with Crippen molar-refractivity contribution in [2.24, 2.45) is 7.05 Å². The Labute approximate surface area is 209 Å². The number of furan rings is 2. The average Bonchev–Trinajstić information content (AvgIpc) is 3.64. The Bertz CT molecular complexity index is 1660. The predicted molar refractivity (Wildman–Crippen MR) is 138 cm³/mol. The second kappa shape index (κ2) is 9.01. The van der Waals surface area contributed by atoms with Gasteiger partial charge in [-0.1, -0.05) is 54.2 Å². The fraction of sp³-hybridized carbons (Fsp3) is 0.0741. The lowest BCUT2D eigenvalue weighted by Gasteiger charge is -2.05. The Kier molecular flexibility index (Phi) is 5.54. The van der Waals surface area contributed by atoms with Gasteiger partial charge in [0.05, 0.1) is 23.0 Å². The number of thioether (sulfide) groups is 1. The highest BCUT2D eigenvalue weighted by Crippen LogP contribution is 2.42. The molecule has 2 aromatic carbocycles. The van der Waals surface area contributed by atoms with Crippen molar-refractivity contribution in [3.63, 3.8) is 0 Å². The van der Waals surface area contributed by atoms with E-state index in [2.05, 4.69) is 10.2 Å². The molecular weight excluding hydrogens is 477 g/mol. The number of pyridine rings is 1. The van der Waals surface area contributed by atoms with Crippen LogP contribution in [0.3, 0.4) is 0 Å². The molecule has 0 aliphatic carbocycles. The number of halogens is 1. The van der Waals surface area contributed by atoms with E-state index in [0.717, 1.165) is 22.4 Å². The first kappa shape index (κ1) is 22.1. The van der Waals surface area contributed by atoms with E-state index in [9.17, 15) is 4.39 Å². The third-order valence-corrected chi connectivity index (χ3v) is 6.97. The second-order valence-corrected chi connectivity index (χ2v) is 9.15. The van der Waals surface area contributed by atoms with Crippen LogP contribution in [-0.4, -0.2) is 19.7 Å². The Morgan fingerprint density at radius 1 is 1.00 bits per heavy atom. The summed E-state index contributed by atoms with van der Waals surface area (Å²) < 4.78 is 26.9. The first-order valence-corrected chi connectivity index (χ1v) is 12.2. The lowest BCUT2D eigenvalue weighted by atomic mass is 10.0. The molecule has 0 unspecified atom stereocenters. The quantitative estimate of drug-likeness (QED) is 0.260. The first-order valence-electron chi connectivity index (χ1n) is 11.2. The molecule has 6 rings (SSSR count). The van der Waals surface area contributed by atoms with Gasteiger partial charge in [-0.3, -0.25) is 0 Å². The summed E-state index contributed by atoms with van der Waals surface area (Å²) in [5.74, 6) is 1.89. The lowest BCUT2D eigenvalue weighted by molar-refractivity contribution is 0.582. The van der Waals surface area contributed by atoms with Gasteiger partial charge in [-0.2, -0.15) is 0 Å². The minimum absolute atomic E-state index is 0.261. The molecule has 4 aromatic heterocycles. The van der Waals surface area contributed by atoms with Gasteiger partial charge in [0.25, 0.3) is 0 Å². The van der Waals surface area contributed by atoms with Crippen molar-refractivity contribution >= 4 is 28.5 Å². The first-order chi connectivity index (χ1) is 17.6. The fourth-order valence-electron chi connectivity index (χ4n) is 4.04. The van der Waals surface area contributed by atoms with Crippen LogP contribution < -0.4 is 5.73 Å². The number of hydrogen-bond acceptors (Lipinski definition) is 7. The second-order valence-electron chi connectivity index (χ2n) is 8.20. The van der Waals surface area contributed by atoms with Gasteiger partial charge in [0.15, 0.2) is 10.9 Å². The number of hydrogen-bond donors (Lipinski definition) is 1. The summed E-state index contributed by atoms with van der Waals surface area (Å²) in [6.07, 6.45) is 1.62. The summed E-state index contributed by atoms with van der Waals surface area (Å²) in [4.78, 5) is 4.76. The van der Waals surface area contributed by atoms with Crippen molar-refractivity contribution < 1.29 is 13.2 Å². The SMILES string of the molecule is Cn1c(SCc2ccc(F)cc2)nnc1-c1oc2nc(-c3ccccc3)cc(-c3ccco3)c2c1N. The van der Waals surface area contributed by atoms with Crippen LogP contribution in [0.1, 0.15) is 5.56 Å². The van der Waals surface area contributed by atoms with E-state index in [-0.39, 0.29) is 5.82 Å². The topological polar surface area (TPSA) is 95.9 Å². The van der Waals surface area contributed by atoms with E-state index in [1.807, 2.05) is 60.1 Å². The molecule has 4 heterocycles. The fourth-order valence-corrected chi connectivity index (χ4v) is 4.90. The molecule has 6 aromatic rings. The number of nitrogens with zero attached hydrogens (tertiary/aromatic N) is 4. The van der Waals surface area contributed by atoms with Gasteiger partial charge in [-0.15, -0.1) is 10.2 Å². The van der Waals surface area contributed by atoms with Crippen LogP contribution in [0, 0.1) is 5.82 Å². The van der Waals surface area contributed by atoms with Crippen LogP contribution >= 0.6 is 11.8 Å². The van der Waals surface area contributed by atoms with Gasteiger partial charge < -0.3 is 19.1 Å². The van der Waals surface area contributed by atoms with Crippen LogP contribution in [0.5, 0.6) is 0 Å². The van der Waals surface area contributed by atoms with E-state index in [0.29, 0.717) is 45.0 Å². The van der Waals surface area contributed by atoms with E-state index >= 15 is 0 Å². The number of benzene rings is 2. The molecule has 0 bridgehead atoms. The van der Waals surface area contributed by atoms with E-state index < -0.39 is 0 Å².